The van der Waals surface area contributed by atoms with Crippen LogP contribution in [0.3, 0.4) is 0 Å². The minimum absolute atomic E-state index is 0.0861. The van der Waals surface area contributed by atoms with Crippen molar-refractivity contribution in [2.24, 2.45) is 0 Å². The van der Waals surface area contributed by atoms with E-state index < -0.39 is 0 Å². The van der Waals surface area contributed by atoms with Crippen LogP contribution >= 0.6 is 23.2 Å². The molecule has 122 valence electrons. The van der Waals surface area contributed by atoms with Crippen LogP contribution in [0.4, 0.5) is 11.4 Å². The van der Waals surface area contributed by atoms with Crippen molar-refractivity contribution in [3.05, 3.63) is 52.0 Å². The first kappa shape index (κ1) is 17.4. The van der Waals surface area contributed by atoms with Gasteiger partial charge in [-0.15, -0.1) is 0 Å². The smallest absolute Gasteiger partial charge is 0.226 e. The Hall–Kier alpha value is -1.91. The minimum Gasteiger partial charge on any atom is -0.495 e. The number of ether oxygens (including phenoxy) is 1. The van der Waals surface area contributed by atoms with Crippen molar-refractivity contribution in [1.82, 2.24) is 0 Å². The third kappa shape index (κ3) is 5.05. The van der Waals surface area contributed by atoms with Gasteiger partial charge in [-0.3, -0.25) is 4.79 Å². The fourth-order valence-corrected chi connectivity index (χ4v) is 2.43. The zero-order valence-electron chi connectivity index (χ0n) is 13.0. The molecule has 6 heteroatoms. The Balaban J connectivity index is 1.82. The van der Waals surface area contributed by atoms with Crippen LogP contribution < -0.4 is 15.4 Å². The van der Waals surface area contributed by atoms with E-state index in [1.165, 1.54) is 0 Å². The Morgan fingerprint density at radius 3 is 2.43 bits per heavy atom. The summed E-state index contributed by atoms with van der Waals surface area (Å²) in [6.07, 6.45) is 0.329. The minimum atomic E-state index is -0.0861. The van der Waals surface area contributed by atoms with E-state index in [4.69, 9.17) is 27.9 Å². The van der Waals surface area contributed by atoms with E-state index in [1.54, 1.807) is 25.3 Å². The predicted molar refractivity (Wildman–Crippen MR) is 95.9 cm³/mol. The van der Waals surface area contributed by atoms with Gasteiger partial charge < -0.3 is 15.4 Å². The Bertz CT molecular complexity index is 705. The maximum absolute atomic E-state index is 11.9. The van der Waals surface area contributed by atoms with Crippen LogP contribution in [-0.4, -0.2) is 19.6 Å². The van der Waals surface area contributed by atoms with Crippen LogP contribution in [0, 0.1) is 6.92 Å². The van der Waals surface area contributed by atoms with Crippen LogP contribution in [0.2, 0.25) is 10.0 Å². The third-order valence-electron chi connectivity index (χ3n) is 3.29. The van der Waals surface area contributed by atoms with E-state index in [9.17, 15) is 4.79 Å². The molecule has 0 spiro atoms. The maximum Gasteiger partial charge on any atom is 0.226 e. The van der Waals surface area contributed by atoms with Crippen LogP contribution in [0.15, 0.2) is 36.4 Å². The second-order valence-corrected chi connectivity index (χ2v) is 5.85. The molecule has 0 fully saturated rings. The number of carbonyl (C=O) groups is 1. The highest BCUT2D eigenvalue weighted by Gasteiger charge is 2.05. The van der Waals surface area contributed by atoms with Gasteiger partial charge in [-0.05, 0) is 42.8 Å². The van der Waals surface area contributed by atoms with Crippen molar-refractivity contribution in [2.75, 3.05) is 24.3 Å². The highest BCUT2D eigenvalue weighted by atomic mass is 35.5. The molecule has 0 aliphatic carbocycles. The summed E-state index contributed by atoms with van der Waals surface area (Å²) < 4.78 is 5.09. The topological polar surface area (TPSA) is 50.4 Å². The quantitative estimate of drug-likeness (QED) is 0.788. The normalized spacial score (nSPS) is 10.3. The molecule has 0 bridgehead atoms. The van der Waals surface area contributed by atoms with Crippen molar-refractivity contribution >= 4 is 40.5 Å². The van der Waals surface area contributed by atoms with Gasteiger partial charge in [-0.1, -0.05) is 29.3 Å². The lowest BCUT2D eigenvalue weighted by atomic mass is 10.2. The molecule has 0 aliphatic heterocycles. The molecule has 0 unspecified atom stereocenters. The lowest BCUT2D eigenvalue weighted by molar-refractivity contribution is -0.115. The molecule has 2 rings (SSSR count). The number of benzene rings is 2. The number of hydrogen-bond acceptors (Lipinski definition) is 3. The van der Waals surface area contributed by atoms with Crippen LogP contribution in [-0.2, 0) is 4.79 Å². The monoisotopic (exact) mass is 352 g/mol. The van der Waals surface area contributed by atoms with Gasteiger partial charge in [0, 0.05) is 29.4 Å². The Morgan fingerprint density at radius 2 is 1.78 bits per heavy atom. The summed E-state index contributed by atoms with van der Waals surface area (Å²) in [5, 5.41) is 7.12. The second-order valence-electron chi connectivity index (χ2n) is 5.04. The van der Waals surface area contributed by atoms with E-state index in [0.29, 0.717) is 34.4 Å². The summed E-state index contributed by atoms with van der Waals surface area (Å²) in [6.45, 7) is 2.41. The molecule has 4 nitrogen and oxygen atoms in total. The lowest BCUT2D eigenvalue weighted by Gasteiger charge is -2.10. The van der Waals surface area contributed by atoms with Crippen molar-refractivity contribution in [1.29, 1.82) is 0 Å². The van der Waals surface area contributed by atoms with Gasteiger partial charge in [-0.2, -0.15) is 0 Å². The van der Waals surface area contributed by atoms with Crippen molar-refractivity contribution in [3.63, 3.8) is 0 Å². The Labute approximate surface area is 145 Å². The van der Waals surface area contributed by atoms with Gasteiger partial charge in [0.15, 0.2) is 0 Å². The first-order chi connectivity index (χ1) is 11.0. The molecule has 0 heterocycles. The number of rotatable bonds is 6. The van der Waals surface area contributed by atoms with Gasteiger partial charge in [0.25, 0.3) is 0 Å². The molecular formula is C17H18Cl2N2O2. The summed E-state index contributed by atoms with van der Waals surface area (Å²) in [5.41, 5.74) is 2.50. The van der Waals surface area contributed by atoms with Gasteiger partial charge in [0.2, 0.25) is 5.91 Å². The standard InChI is InChI=1S/C17H18Cl2N2O2/c1-11-3-4-13(10-14(11)18)21-17(22)7-8-20-12-5-6-16(23-2)15(19)9-12/h3-6,9-10,20H,7-8H2,1-2H3,(H,21,22). The average molecular weight is 353 g/mol. The molecule has 0 saturated carbocycles. The van der Waals surface area contributed by atoms with Crippen molar-refractivity contribution < 1.29 is 9.53 Å². The van der Waals surface area contributed by atoms with Gasteiger partial charge >= 0.3 is 0 Å². The Kier molecular flexibility index (Phi) is 6.13. The number of methoxy groups -OCH3 is 1. The number of nitrogens with one attached hydrogen (secondary N) is 2. The lowest BCUT2D eigenvalue weighted by Crippen LogP contribution is -2.16. The first-order valence-electron chi connectivity index (χ1n) is 7.13. The highest BCUT2D eigenvalue weighted by Crippen LogP contribution is 2.27. The van der Waals surface area contributed by atoms with E-state index in [1.807, 2.05) is 25.1 Å². The van der Waals surface area contributed by atoms with Gasteiger partial charge in [-0.25, -0.2) is 0 Å². The molecule has 0 saturated heterocycles. The highest BCUT2D eigenvalue weighted by molar-refractivity contribution is 6.32. The second kappa shape index (κ2) is 8.09. The van der Waals surface area contributed by atoms with E-state index in [2.05, 4.69) is 10.6 Å². The molecule has 2 N–H and O–H groups in total. The fraction of sp³-hybridized carbons (Fsp3) is 0.235. The summed E-state index contributed by atoms with van der Waals surface area (Å²) in [7, 11) is 1.57. The number of halogens is 2. The largest absolute Gasteiger partial charge is 0.495 e. The third-order valence-corrected chi connectivity index (χ3v) is 3.99. The predicted octanol–water partition coefficient (Wildman–Crippen LogP) is 4.75. The zero-order valence-corrected chi connectivity index (χ0v) is 14.5. The summed E-state index contributed by atoms with van der Waals surface area (Å²) in [5.74, 6) is 0.531. The molecule has 1 amide bonds. The number of hydrogen-bond donors (Lipinski definition) is 2. The Morgan fingerprint density at radius 1 is 1.09 bits per heavy atom. The maximum atomic E-state index is 11.9. The van der Waals surface area contributed by atoms with Crippen molar-refractivity contribution in [3.8, 4) is 5.75 Å². The number of aryl methyl sites for hydroxylation is 1. The fourth-order valence-electron chi connectivity index (χ4n) is 1.99. The van der Waals surface area contributed by atoms with E-state index in [-0.39, 0.29) is 5.91 Å². The number of carbonyl (C=O) groups excluding carboxylic acids is 1. The molecule has 23 heavy (non-hydrogen) atoms. The summed E-state index contributed by atoms with van der Waals surface area (Å²) in [4.78, 5) is 11.9. The number of amides is 1. The van der Waals surface area contributed by atoms with Crippen LogP contribution in [0.25, 0.3) is 0 Å². The van der Waals surface area contributed by atoms with Gasteiger partial charge in [0.1, 0.15) is 5.75 Å². The van der Waals surface area contributed by atoms with E-state index in [0.717, 1.165) is 11.3 Å². The molecule has 2 aromatic carbocycles. The average Bonchev–Trinajstić information content (AvgIpc) is 2.51. The molecule has 0 aliphatic rings. The first-order valence-corrected chi connectivity index (χ1v) is 7.88. The van der Waals surface area contributed by atoms with E-state index >= 15 is 0 Å². The summed E-state index contributed by atoms with van der Waals surface area (Å²) >= 11 is 12.1. The molecule has 0 aromatic heterocycles. The molecular weight excluding hydrogens is 335 g/mol. The van der Waals surface area contributed by atoms with Gasteiger partial charge in [0.05, 0.1) is 12.1 Å². The molecule has 2 aromatic rings. The zero-order chi connectivity index (χ0) is 16.8. The number of anilines is 2. The van der Waals surface area contributed by atoms with Crippen LogP contribution in [0.5, 0.6) is 5.75 Å². The summed E-state index contributed by atoms with van der Waals surface area (Å²) in [6, 6.07) is 10.8. The molecule has 0 radical (unpaired) electrons. The SMILES string of the molecule is COc1ccc(NCCC(=O)Nc2ccc(C)c(Cl)c2)cc1Cl. The van der Waals surface area contributed by atoms with Crippen molar-refractivity contribution in [2.45, 2.75) is 13.3 Å². The molecule has 0 atom stereocenters. The van der Waals surface area contributed by atoms with Crippen LogP contribution in [0.1, 0.15) is 12.0 Å².